The Kier molecular flexibility index (Phi) is 6.52. The molecule has 2 aromatic rings. The zero-order chi connectivity index (χ0) is 22.0. The van der Waals surface area contributed by atoms with Gasteiger partial charge in [-0.3, -0.25) is 9.69 Å². The van der Waals surface area contributed by atoms with Gasteiger partial charge in [-0.1, -0.05) is 48.0 Å². The molecule has 2 aromatic carbocycles. The smallest absolute Gasteiger partial charge is 0.254 e. The number of carbonyl (C=O) groups is 1. The van der Waals surface area contributed by atoms with E-state index in [1.165, 1.54) is 43.5 Å². The molecule has 0 unspecified atom stereocenters. The summed E-state index contributed by atoms with van der Waals surface area (Å²) in [6.07, 6.45) is 5.94. The fraction of sp³-hybridized carbons (Fsp3) is 0.536. The van der Waals surface area contributed by atoms with E-state index < -0.39 is 0 Å². The molecule has 2 aliphatic heterocycles. The number of hydrogen-bond donors (Lipinski definition) is 0. The molecule has 2 saturated heterocycles. The molecule has 0 saturated carbocycles. The highest BCUT2D eigenvalue weighted by atomic mass is 16.2. The average Bonchev–Trinajstić information content (AvgIpc) is 2.76. The molecule has 31 heavy (non-hydrogen) atoms. The van der Waals surface area contributed by atoms with Gasteiger partial charge in [0.15, 0.2) is 0 Å². The first-order valence-corrected chi connectivity index (χ1v) is 12.0. The molecule has 0 atom stereocenters. The van der Waals surface area contributed by atoms with Gasteiger partial charge in [-0.25, -0.2) is 0 Å². The van der Waals surface area contributed by atoms with Gasteiger partial charge < -0.3 is 4.90 Å². The van der Waals surface area contributed by atoms with Crippen molar-refractivity contribution in [1.29, 1.82) is 0 Å². The molecular weight excluding hydrogens is 380 g/mol. The summed E-state index contributed by atoms with van der Waals surface area (Å²) in [5, 5.41) is 0. The highest BCUT2D eigenvalue weighted by molar-refractivity contribution is 5.97. The van der Waals surface area contributed by atoms with E-state index in [1.807, 2.05) is 6.07 Å². The zero-order valence-corrected chi connectivity index (χ0v) is 19.8. The first-order chi connectivity index (χ1) is 14.9. The number of amides is 1. The molecule has 0 N–H and O–H groups in total. The fourth-order valence-corrected chi connectivity index (χ4v) is 5.55. The van der Waals surface area contributed by atoms with Gasteiger partial charge >= 0.3 is 0 Å². The Balaban J connectivity index is 1.31. The van der Waals surface area contributed by atoms with Gasteiger partial charge in [0.25, 0.3) is 5.91 Å². The van der Waals surface area contributed by atoms with Gasteiger partial charge in [-0.2, -0.15) is 0 Å². The Morgan fingerprint density at radius 1 is 0.903 bits per heavy atom. The summed E-state index contributed by atoms with van der Waals surface area (Å²) >= 11 is 0. The normalized spacial score (nSPS) is 20.1. The quantitative estimate of drug-likeness (QED) is 0.649. The van der Waals surface area contributed by atoms with Gasteiger partial charge in [0, 0.05) is 24.2 Å². The van der Waals surface area contributed by atoms with Crippen LogP contribution >= 0.6 is 0 Å². The maximum Gasteiger partial charge on any atom is 0.254 e. The Morgan fingerprint density at radius 3 is 2.06 bits per heavy atom. The lowest BCUT2D eigenvalue weighted by molar-refractivity contribution is 0.0116. The lowest BCUT2D eigenvalue weighted by Gasteiger charge is -2.49. The van der Waals surface area contributed by atoms with E-state index >= 15 is 0 Å². The van der Waals surface area contributed by atoms with Crippen molar-refractivity contribution in [3.05, 3.63) is 70.3 Å². The molecule has 2 aliphatic rings. The van der Waals surface area contributed by atoms with Crippen LogP contribution in [0.5, 0.6) is 0 Å². The van der Waals surface area contributed by atoms with E-state index in [4.69, 9.17) is 0 Å². The fourth-order valence-electron chi connectivity index (χ4n) is 5.55. The van der Waals surface area contributed by atoms with Crippen LogP contribution in [-0.4, -0.2) is 47.4 Å². The van der Waals surface area contributed by atoms with Crippen LogP contribution in [0.1, 0.15) is 65.2 Å². The number of carbonyl (C=O) groups excluding carboxylic acids is 1. The maximum absolute atomic E-state index is 13.2. The second-order valence-electron chi connectivity index (χ2n) is 10.2. The standard InChI is InChI=1S/C28H38N2O/c1-21-8-10-24(11-9-21)20-25-12-16-30(17-13-25)28(4)14-18-29(19-15-28)27(31)26-22(2)6-5-7-23(26)3/h5-11,25H,12-20H2,1-4H3. The molecular formula is C28H38N2O. The Labute approximate surface area is 188 Å². The number of piperidine rings is 2. The van der Waals surface area contributed by atoms with Crippen molar-refractivity contribution in [3.63, 3.8) is 0 Å². The van der Waals surface area contributed by atoms with Crippen molar-refractivity contribution in [2.24, 2.45) is 5.92 Å². The van der Waals surface area contributed by atoms with Crippen LogP contribution in [0.2, 0.25) is 0 Å². The van der Waals surface area contributed by atoms with Crippen LogP contribution in [0, 0.1) is 26.7 Å². The van der Waals surface area contributed by atoms with Gasteiger partial charge in [-0.05, 0) is 95.5 Å². The number of benzene rings is 2. The largest absolute Gasteiger partial charge is 0.338 e. The SMILES string of the molecule is Cc1ccc(CC2CCN(C3(C)CCN(C(=O)c4c(C)cccc4C)CC3)CC2)cc1. The van der Waals surface area contributed by atoms with Crippen LogP contribution in [0.15, 0.2) is 42.5 Å². The van der Waals surface area contributed by atoms with E-state index in [2.05, 4.69) is 73.9 Å². The molecule has 3 nitrogen and oxygen atoms in total. The van der Waals surface area contributed by atoms with Crippen molar-refractivity contribution < 1.29 is 4.79 Å². The summed E-state index contributed by atoms with van der Waals surface area (Å²) in [5.74, 6) is 1.02. The second-order valence-corrected chi connectivity index (χ2v) is 10.2. The van der Waals surface area contributed by atoms with Gasteiger partial charge in [-0.15, -0.1) is 0 Å². The molecule has 2 fully saturated rings. The van der Waals surface area contributed by atoms with Crippen molar-refractivity contribution in [1.82, 2.24) is 9.80 Å². The minimum Gasteiger partial charge on any atom is -0.338 e. The van der Waals surface area contributed by atoms with E-state index in [9.17, 15) is 4.79 Å². The summed E-state index contributed by atoms with van der Waals surface area (Å²) in [5.41, 5.74) is 6.14. The second kappa shape index (κ2) is 9.16. The first kappa shape index (κ1) is 22.1. The van der Waals surface area contributed by atoms with E-state index in [-0.39, 0.29) is 11.4 Å². The van der Waals surface area contributed by atoms with E-state index in [0.717, 1.165) is 48.5 Å². The van der Waals surface area contributed by atoms with Crippen LogP contribution < -0.4 is 0 Å². The summed E-state index contributed by atoms with van der Waals surface area (Å²) in [6, 6.07) is 15.2. The monoisotopic (exact) mass is 418 g/mol. The Hall–Kier alpha value is -2.13. The molecule has 0 bridgehead atoms. The topological polar surface area (TPSA) is 23.6 Å². The van der Waals surface area contributed by atoms with Crippen molar-refractivity contribution in [3.8, 4) is 0 Å². The van der Waals surface area contributed by atoms with E-state index in [0.29, 0.717) is 0 Å². The van der Waals surface area contributed by atoms with Crippen LogP contribution in [-0.2, 0) is 6.42 Å². The predicted octanol–water partition coefficient (Wildman–Crippen LogP) is 5.56. The number of aryl methyl sites for hydroxylation is 3. The molecule has 3 heteroatoms. The highest BCUT2D eigenvalue weighted by Crippen LogP contribution is 2.34. The average molecular weight is 419 g/mol. The third-order valence-corrected chi connectivity index (χ3v) is 7.85. The summed E-state index contributed by atoms with van der Waals surface area (Å²) < 4.78 is 0. The molecule has 166 valence electrons. The van der Waals surface area contributed by atoms with E-state index in [1.54, 1.807) is 0 Å². The third-order valence-electron chi connectivity index (χ3n) is 7.85. The van der Waals surface area contributed by atoms with Gasteiger partial charge in [0.2, 0.25) is 0 Å². The van der Waals surface area contributed by atoms with Gasteiger partial charge in [0.05, 0.1) is 0 Å². The minimum atomic E-state index is 0.217. The molecule has 1 amide bonds. The van der Waals surface area contributed by atoms with Crippen LogP contribution in [0.4, 0.5) is 0 Å². The Bertz CT molecular complexity index is 881. The van der Waals surface area contributed by atoms with Crippen molar-refractivity contribution >= 4 is 5.91 Å². The lowest BCUT2D eigenvalue weighted by Crippen LogP contribution is -2.56. The number of rotatable bonds is 4. The molecule has 4 rings (SSSR count). The zero-order valence-electron chi connectivity index (χ0n) is 19.8. The number of likely N-dealkylation sites (tertiary alicyclic amines) is 2. The first-order valence-electron chi connectivity index (χ1n) is 12.0. The molecule has 2 heterocycles. The highest BCUT2D eigenvalue weighted by Gasteiger charge is 2.38. The molecule has 0 spiro atoms. The van der Waals surface area contributed by atoms with Crippen LogP contribution in [0.3, 0.4) is 0 Å². The number of nitrogens with zero attached hydrogens (tertiary/aromatic N) is 2. The molecule has 0 aromatic heterocycles. The van der Waals surface area contributed by atoms with Crippen molar-refractivity contribution in [2.75, 3.05) is 26.2 Å². The predicted molar refractivity (Wildman–Crippen MR) is 129 cm³/mol. The molecule has 0 aliphatic carbocycles. The number of hydrogen-bond acceptors (Lipinski definition) is 2. The maximum atomic E-state index is 13.2. The summed E-state index contributed by atoms with van der Waals surface area (Å²) in [7, 11) is 0. The minimum absolute atomic E-state index is 0.217. The molecule has 0 radical (unpaired) electrons. The third kappa shape index (κ3) is 4.87. The van der Waals surface area contributed by atoms with Crippen LogP contribution in [0.25, 0.3) is 0 Å². The van der Waals surface area contributed by atoms with Crippen molar-refractivity contribution in [2.45, 2.75) is 65.3 Å². The summed E-state index contributed by atoms with van der Waals surface area (Å²) in [6.45, 7) is 12.8. The lowest BCUT2D eigenvalue weighted by atomic mass is 9.83. The van der Waals surface area contributed by atoms with Gasteiger partial charge in [0.1, 0.15) is 0 Å². The Morgan fingerprint density at radius 2 is 1.48 bits per heavy atom. The summed E-state index contributed by atoms with van der Waals surface area (Å²) in [4.78, 5) is 18.0.